The summed E-state index contributed by atoms with van der Waals surface area (Å²) in [5.41, 5.74) is 1.77. The summed E-state index contributed by atoms with van der Waals surface area (Å²) < 4.78 is 10.8. The van der Waals surface area contributed by atoms with Crippen LogP contribution in [0.5, 0.6) is 0 Å². The molecule has 1 fully saturated rings. The predicted octanol–water partition coefficient (Wildman–Crippen LogP) is 2.07. The topological polar surface area (TPSA) is 76.2 Å². The Kier molecular flexibility index (Phi) is 5.48. The first-order valence-corrected chi connectivity index (χ1v) is 8.19. The van der Waals surface area contributed by atoms with Crippen molar-refractivity contribution >= 4 is 28.5 Å². The van der Waals surface area contributed by atoms with E-state index in [1.54, 1.807) is 0 Å². The molecule has 1 aromatic carbocycles. The quantitative estimate of drug-likeness (QED) is 0.811. The second kappa shape index (κ2) is 7.77. The van der Waals surface area contributed by atoms with Crippen LogP contribution in [0.25, 0.3) is 11.0 Å². The molecule has 6 nitrogen and oxygen atoms in total. The van der Waals surface area contributed by atoms with Gasteiger partial charge in [0.25, 0.3) is 0 Å². The lowest BCUT2D eigenvalue weighted by molar-refractivity contribution is -0.126. The molecule has 1 aliphatic rings. The molecule has 1 aliphatic heterocycles. The molecule has 23 heavy (non-hydrogen) atoms. The van der Waals surface area contributed by atoms with Crippen LogP contribution in [0.15, 0.2) is 18.2 Å². The van der Waals surface area contributed by atoms with Crippen LogP contribution in [-0.2, 0) is 20.7 Å². The maximum Gasteiger partial charge on any atom is 0.246 e. The minimum atomic E-state index is -0.123. The van der Waals surface area contributed by atoms with Gasteiger partial charge in [-0.15, -0.1) is 0 Å². The molecule has 1 atom stereocenters. The van der Waals surface area contributed by atoms with Crippen LogP contribution in [-0.4, -0.2) is 48.3 Å². The minimum Gasteiger partial charge on any atom is -0.376 e. The van der Waals surface area contributed by atoms with E-state index < -0.39 is 0 Å². The molecule has 124 valence electrons. The average Bonchev–Trinajstić information content (AvgIpc) is 3.16. The van der Waals surface area contributed by atoms with Gasteiger partial charge in [-0.05, 0) is 31.0 Å². The van der Waals surface area contributed by atoms with Gasteiger partial charge >= 0.3 is 0 Å². The number of halogens is 1. The maximum atomic E-state index is 11.7. The van der Waals surface area contributed by atoms with E-state index in [0.717, 1.165) is 36.3 Å². The second-order valence-corrected chi connectivity index (χ2v) is 6.03. The summed E-state index contributed by atoms with van der Waals surface area (Å²) in [7, 11) is 0. The van der Waals surface area contributed by atoms with Crippen molar-refractivity contribution in [3.63, 3.8) is 0 Å². The molecule has 2 heterocycles. The number of benzene rings is 1. The average molecular weight is 338 g/mol. The summed E-state index contributed by atoms with van der Waals surface area (Å²) in [6.45, 7) is 1.85. The van der Waals surface area contributed by atoms with Crippen LogP contribution < -0.4 is 5.32 Å². The number of aromatic nitrogens is 2. The molecule has 1 aromatic heterocycles. The number of nitrogens with one attached hydrogen (secondary N) is 2. The lowest BCUT2D eigenvalue weighted by Gasteiger charge is -2.10. The highest BCUT2D eigenvalue weighted by atomic mass is 35.5. The summed E-state index contributed by atoms with van der Waals surface area (Å²) in [6, 6.07) is 5.52. The van der Waals surface area contributed by atoms with Gasteiger partial charge in [-0.25, -0.2) is 4.98 Å². The van der Waals surface area contributed by atoms with Crippen molar-refractivity contribution in [3.8, 4) is 0 Å². The van der Waals surface area contributed by atoms with Crippen LogP contribution in [0, 0.1) is 0 Å². The smallest absolute Gasteiger partial charge is 0.246 e. The molecular weight excluding hydrogens is 318 g/mol. The summed E-state index contributed by atoms with van der Waals surface area (Å²) >= 11 is 5.94. The van der Waals surface area contributed by atoms with Crippen molar-refractivity contribution in [1.82, 2.24) is 15.3 Å². The van der Waals surface area contributed by atoms with Gasteiger partial charge in [0.05, 0.1) is 23.7 Å². The molecule has 1 saturated heterocycles. The van der Waals surface area contributed by atoms with Crippen LogP contribution in [0.4, 0.5) is 0 Å². The highest BCUT2D eigenvalue weighted by Gasteiger charge is 2.15. The molecule has 2 N–H and O–H groups in total. The molecule has 1 amide bonds. The summed E-state index contributed by atoms with van der Waals surface area (Å²) in [4.78, 5) is 19.3. The van der Waals surface area contributed by atoms with Crippen molar-refractivity contribution < 1.29 is 14.3 Å². The van der Waals surface area contributed by atoms with Gasteiger partial charge in [0.1, 0.15) is 12.4 Å². The van der Waals surface area contributed by atoms with Crippen molar-refractivity contribution in [2.45, 2.75) is 25.4 Å². The minimum absolute atomic E-state index is 0.0651. The number of rotatable bonds is 7. The molecule has 0 spiro atoms. The van der Waals surface area contributed by atoms with E-state index in [1.165, 1.54) is 0 Å². The number of H-pyrrole nitrogens is 1. The SMILES string of the molecule is O=C(COC[C@H]1CCCO1)NCCc1nc2ccc(Cl)cc2[nH]1. The Hall–Kier alpha value is -1.63. The normalized spacial score (nSPS) is 17.7. The largest absolute Gasteiger partial charge is 0.376 e. The Morgan fingerprint density at radius 1 is 1.52 bits per heavy atom. The van der Waals surface area contributed by atoms with Crippen LogP contribution in [0.3, 0.4) is 0 Å². The zero-order valence-corrected chi connectivity index (χ0v) is 13.6. The van der Waals surface area contributed by atoms with Gasteiger partial charge < -0.3 is 19.8 Å². The summed E-state index contributed by atoms with van der Waals surface area (Å²) in [5, 5.41) is 3.49. The zero-order valence-electron chi connectivity index (χ0n) is 12.8. The number of imidazole rings is 1. The highest BCUT2D eigenvalue weighted by Crippen LogP contribution is 2.17. The van der Waals surface area contributed by atoms with E-state index in [1.807, 2.05) is 18.2 Å². The predicted molar refractivity (Wildman–Crippen MR) is 87.6 cm³/mol. The lowest BCUT2D eigenvalue weighted by atomic mass is 10.2. The fraction of sp³-hybridized carbons (Fsp3) is 0.500. The molecule has 0 bridgehead atoms. The van der Waals surface area contributed by atoms with Crippen molar-refractivity contribution in [1.29, 1.82) is 0 Å². The number of aromatic amines is 1. The number of ether oxygens (including phenoxy) is 2. The van der Waals surface area contributed by atoms with Crippen LogP contribution in [0.2, 0.25) is 5.02 Å². The van der Waals surface area contributed by atoms with E-state index >= 15 is 0 Å². The Morgan fingerprint density at radius 2 is 2.43 bits per heavy atom. The van der Waals surface area contributed by atoms with Gasteiger partial charge in [-0.1, -0.05) is 11.6 Å². The Balaban J connectivity index is 1.37. The van der Waals surface area contributed by atoms with Gasteiger partial charge in [0.15, 0.2) is 0 Å². The summed E-state index contributed by atoms with van der Waals surface area (Å²) in [5.74, 6) is 0.699. The fourth-order valence-electron chi connectivity index (χ4n) is 2.58. The number of hydrogen-bond donors (Lipinski definition) is 2. The Morgan fingerprint density at radius 3 is 3.26 bits per heavy atom. The molecule has 0 saturated carbocycles. The van der Waals surface area contributed by atoms with E-state index in [2.05, 4.69) is 15.3 Å². The first kappa shape index (κ1) is 16.2. The summed E-state index contributed by atoms with van der Waals surface area (Å²) in [6.07, 6.45) is 2.86. The van der Waals surface area contributed by atoms with Gasteiger partial charge in [-0.2, -0.15) is 0 Å². The van der Waals surface area contributed by atoms with Crippen molar-refractivity contribution in [2.75, 3.05) is 26.4 Å². The van der Waals surface area contributed by atoms with E-state index in [-0.39, 0.29) is 18.6 Å². The monoisotopic (exact) mass is 337 g/mol. The molecular formula is C16H20ClN3O3. The molecule has 7 heteroatoms. The third kappa shape index (κ3) is 4.67. The Bertz CT molecular complexity index is 668. The number of amides is 1. The zero-order chi connectivity index (χ0) is 16.1. The number of carbonyl (C=O) groups excluding carboxylic acids is 1. The van der Waals surface area contributed by atoms with E-state index in [4.69, 9.17) is 21.1 Å². The number of hydrogen-bond acceptors (Lipinski definition) is 4. The van der Waals surface area contributed by atoms with Gasteiger partial charge in [0.2, 0.25) is 5.91 Å². The van der Waals surface area contributed by atoms with Crippen LogP contribution >= 0.6 is 11.6 Å². The van der Waals surface area contributed by atoms with Crippen molar-refractivity contribution in [2.24, 2.45) is 0 Å². The molecule has 0 aliphatic carbocycles. The fourth-order valence-corrected chi connectivity index (χ4v) is 2.76. The Labute approximate surface area is 139 Å². The maximum absolute atomic E-state index is 11.7. The third-order valence-corrected chi connectivity index (χ3v) is 3.97. The number of carbonyl (C=O) groups is 1. The number of fused-ring (bicyclic) bond motifs is 1. The lowest BCUT2D eigenvalue weighted by Crippen LogP contribution is -2.30. The van der Waals surface area contributed by atoms with Crippen molar-refractivity contribution in [3.05, 3.63) is 29.0 Å². The second-order valence-electron chi connectivity index (χ2n) is 5.60. The first-order chi connectivity index (χ1) is 11.2. The van der Waals surface area contributed by atoms with Gasteiger partial charge in [-0.3, -0.25) is 4.79 Å². The van der Waals surface area contributed by atoms with E-state index in [0.29, 0.717) is 24.6 Å². The highest BCUT2D eigenvalue weighted by molar-refractivity contribution is 6.31. The first-order valence-electron chi connectivity index (χ1n) is 7.81. The van der Waals surface area contributed by atoms with Crippen LogP contribution in [0.1, 0.15) is 18.7 Å². The molecule has 0 radical (unpaired) electrons. The molecule has 2 aromatic rings. The van der Waals surface area contributed by atoms with E-state index in [9.17, 15) is 4.79 Å². The standard InChI is InChI=1S/C16H20ClN3O3/c17-11-3-4-13-14(8-11)20-15(19-13)5-6-18-16(21)10-22-9-12-2-1-7-23-12/h3-4,8,12H,1-2,5-7,9-10H2,(H,18,21)(H,19,20)/t12-/m1/s1. The third-order valence-electron chi connectivity index (χ3n) is 3.74. The van der Waals surface area contributed by atoms with Gasteiger partial charge in [0, 0.05) is 24.6 Å². The number of nitrogens with zero attached hydrogens (tertiary/aromatic N) is 1. The molecule has 3 rings (SSSR count). The molecule has 0 unspecified atom stereocenters.